The van der Waals surface area contributed by atoms with Gasteiger partial charge in [-0.05, 0) is 43.5 Å². The number of likely N-dealkylation sites (tertiary alicyclic amines) is 1. The first kappa shape index (κ1) is 23.4. The Kier molecular flexibility index (Phi) is 7.42. The van der Waals surface area contributed by atoms with Crippen LogP contribution in [0.25, 0.3) is 0 Å². The molecular weight excluding hydrogens is 480 g/mol. The van der Waals surface area contributed by atoms with Gasteiger partial charge in [0.05, 0.1) is 16.3 Å². The molecule has 0 bridgehead atoms. The average molecular weight is 503 g/mol. The van der Waals surface area contributed by atoms with Crippen molar-refractivity contribution < 1.29 is 14.4 Å². The number of hydrogen-bond acceptors (Lipinski definition) is 6. The molecule has 3 amide bonds. The molecule has 0 spiro atoms. The molecule has 4 rings (SSSR count). The molecule has 3 aromatic rings. The van der Waals surface area contributed by atoms with E-state index in [2.05, 4.69) is 15.8 Å². The number of thiazole rings is 1. The highest BCUT2D eigenvalue weighted by molar-refractivity contribution is 7.14. The summed E-state index contributed by atoms with van der Waals surface area (Å²) in [4.78, 5) is 45.0. The van der Waals surface area contributed by atoms with Crippen LogP contribution in [-0.2, 0) is 11.2 Å². The minimum atomic E-state index is -0.452. The van der Waals surface area contributed by atoms with Crippen LogP contribution in [0, 0.1) is 6.92 Å². The maximum atomic E-state index is 12.7. The van der Waals surface area contributed by atoms with E-state index >= 15 is 0 Å². The highest BCUT2D eigenvalue weighted by atomic mass is 35.5. The van der Waals surface area contributed by atoms with Crippen LogP contribution < -0.4 is 10.9 Å². The molecule has 33 heavy (non-hydrogen) atoms. The van der Waals surface area contributed by atoms with Crippen molar-refractivity contribution in [3.63, 3.8) is 0 Å². The smallest absolute Gasteiger partial charge is 0.289 e. The standard InChI is InChI=1S/C23H23ClN4O3S2/c1-14-6-7-19(33-14)22(31)27-26-21(30)18-13-32-23(25-18)15-8-10-28(11-9-15)20(29)12-16-4-2-3-5-17(16)24/h2-7,13,15H,8-12H2,1H3,(H,26,30)(H,27,31). The van der Waals surface area contributed by atoms with E-state index in [0.29, 0.717) is 29.4 Å². The molecule has 172 valence electrons. The van der Waals surface area contributed by atoms with E-state index in [1.165, 1.54) is 22.7 Å². The fourth-order valence-corrected chi connectivity index (χ4v) is 5.60. The Hall–Kier alpha value is -2.75. The lowest BCUT2D eigenvalue weighted by molar-refractivity contribution is -0.131. The fraction of sp³-hybridized carbons (Fsp3) is 0.304. The molecule has 7 nitrogen and oxygen atoms in total. The van der Waals surface area contributed by atoms with Crippen molar-refractivity contribution in [3.8, 4) is 0 Å². The molecule has 0 radical (unpaired) electrons. The van der Waals surface area contributed by atoms with Crippen LogP contribution in [-0.4, -0.2) is 40.7 Å². The van der Waals surface area contributed by atoms with E-state index in [0.717, 1.165) is 28.3 Å². The van der Waals surface area contributed by atoms with Gasteiger partial charge in [-0.25, -0.2) is 4.98 Å². The lowest BCUT2D eigenvalue weighted by atomic mass is 9.97. The summed E-state index contributed by atoms with van der Waals surface area (Å²) in [6, 6.07) is 11.0. The number of thiophene rings is 1. The summed E-state index contributed by atoms with van der Waals surface area (Å²) in [6.45, 7) is 3.20. The van der Waals surface area contributed by atoms with Gasteiger partial charge in [-0.2, -0.15) is 0 Å². The van der Waals surface area contributed by atoms with Gasteiger partial charge in [0.1, 0.15) is 5.69 Å². The summed E-state index contributed by atoms with van der Waals surface area (Å²) in [6.07, 6.45) is 1.87. The Labute approximate surface area is 204 Å². The number of aromatic nitrogens is 1. The van der Waals surface area contributed by atoms with Gasteiger partial charge < -0.3 is 4.90 Å². The van der Waals surface area contributed by atoms with Gasteiger partial charge in [-0.1, -0.05) is 29.8 Å². The second-order valence-electron chi connectivity index (χ2n) is 7.81. The summed E-state index contributed by atoms with van der Waals surface area (Å²) < 4.78 is 0. The number of carbonyl (C=O) groups excluding carboxylic acids is 3. The number of aryl methyl sites for hydroxylation is 1. The minimum absolute atomic E-state index is 0.0671. The Morgan fingerprint density at radius 3 is 2.52 bits per heavy atom. The monoisotopic (exact) mass is 502 g/mol. The molecular formula is C23H23ClN4O3S2. The molecule has 1 aromatic carbocycles. The Morgan fingerprint density at radius 1 is 1.09 bits per heavy atom. The zero-order valence-corrected chi connectivity index (χ0v) is 20.4. The summed E-state index contributed by atoms with van der Waals surface area (Å²) >= 11 is 8.96. The van der Waals surface area contributed by atoms with Gasteiger partial charge in [-0.3, -0.25) is 25.2 Å². The highest BCUT2D eigenvalue weighted by Crippen LogP contribution is 2.30. The van der Waals surface area contributed by atoms with Crippen molar-refractivity contribution in [1.29, 1.82) is 0 Å². The quantitative estimate of drug-likeness (QED) is 0.512. The SMILES string of the molecule is Cc1ccc(C(=O)NNC(=O)c2csc(C3CCN(C(=O)Cc4ccccc4Cl)CC3)n2)s1. The number of nitrogens with one attached hydrogen (secondary N) is 2. The number of hydrogen-bond donors (Lipinski definition) is 2. The van der Waals surface area contributed by atoms with Gasteiger partial charge in [0.25, 0.3) is 11.8 Å². The maximum absolute atomic E-state index is 12.7. The molecule has 0 atom stereocenters. The molecule has 0 aliphatic carbocycles. The van der Waals surface area contributed by atoms with Crippen molar-refractivity contribution in [1.82, 2.24) is 20.7 Å². The Balaban J connectivity index is 1.27. The molecule has 2 aromatic heterocycles. The van der Waals surface area contributed by atoms with Crippen molar-refractivity contribution in [2.24, 2.45) is 0 Å². The van der Waals surface area contributed by atoms with Crippen molar-refractivity contribution >= 4 is 52.0 Å². The zero-order valence-electron chi connectivity index (χ0n) is 18.0. The van der Waals surface area contributed by atoms with Gasteiger partial charge in [0, 0.05) is 34.3 Å². The average Bonchev–Trinajstić information content (AvgIpc) is 3.48. The third kappa shape index (κ3) is 5.79. The van der Waals surface area contributed by atoms with E-state index in [4.69, 9.17) is 11.6 Å². The molecule has 10 heteroatoms. The number of hydrazine groups is 1. The number of benzene rings is 1. The first-order valence-electron chi connectivity index (χ1n) is 10.5. The maximum Gasteiger partial charge on any atom is 0.289 e. The predicted octanol–water partition coefficient (Wildman–Crippen LogP) is 4.19. The lowest BCUT2D eigenvalue weighted by Gasteiger charge is -2.31. The Bertz CT molecular complexity index is 1170. The van der Waals surface area contributed by atoms with E-state index in [9.17, 15) is 14.4 Å². The topological polar surface area (TPSA) is 91.4 Å². The Morgan fingerprint density at radius 2 is 1.82 bits per heavy atom. The number of amides is 3. The molecule has 1 saturated heterocycles. The first-order chi connectivity index (χ1) is 15.9. The van der Waals surface area contributed by atoms with Gasteiger partial charge in [0.15, 0.2) is 0 Å². The summed E-state index contributed by atoms with van der Waals surface area (Å²) in [7, 11) is 0. The molecule has 3 heterocycles. The van der Waals surface area contributed by atoms with Crippen LogP contribution in [0.5, 0.6) is 0 Å². The van der Waals surface area contributed by atoms with Crippen LogP contribution in [0.1, 0.15) is 54.4 Å². The predicted molar refractivity (Wildman–Crippen MR) is 130 cm³/mol. The molecule has 1 fully saturated rings. The first-order valence-corrected chi connectivity index (χ1v) is 12.6. The second kappa shape index (κ2) is 10.5. The van der Waals surface area contributed by atoms with Gasteiger partial charge >= 0.3 is 0 Å². The van der Waals surface area contributed by atoms with Crippen molar-refractivity contribution in [2.75, 3.05) is 13.1 Å². The number of rotatable bonds is 5. The van der Waals surface area contributed by atoms with E-state index in [1.54, 1.807) is 17.5 Å². The zero-order chi connectivity index (χ0) is 23.4. The van der Waals surface area contributed by atoms with Crippen LogP contribution in [0.3, 0.4) is 0 Å². The van der Waals surface area contributed by atoms with Crippen LogP contribution in [0.15, 0.2) is 41.8 Å². The van der Waals surface area contributed by atoms with Gasteiger partial charge in [0.2, 0.25) is 5.91 Å². The fourth-order valence-electron chi connectivity index (χ4n) is 3.67. The largest absolute Gasteiger partial charge is 0.342 e. The second-order valence-corrected chi connectivity index (χ2v) is 10.4. The molecule has 1 aliphatic rings. The third-order valence-corrected chi connectivity index (χ3v) is 7.88. The molecule has 1 aliphatic heterocycles. The molecule has 0 saturated carbocycles. The molecule has 0 unspecified atom stereocenters. The highest BCUT2D eigenvalue weighted by Gasteiger charge is 2.26. The minimum Gasteiger partial charge on any atom is -0.342 e. The van der Waals surface area contributed by atoms with E-state index in [-0.39, 0.29) is 23.4 Å². The number of carbonyl (C=O) groups is 3. The summed E-state index contributed by atoms with van der Waals surface area (Å²) in [5, 5.41) is 3.18. The van der Waals surface area contributed by atoms with Crippen LogP contribution in [0.4, 0.5) is 0 Å². The van der Waals surface area contributed by atoms with Crippen molar-refractivity contribution in [2.45, 2.75) is 32.1 Å². The third-order valence-electron chi connectivity index (χ3n) is 5.50. The normalized spacial score (nSPS) is 14.2. The summed E-state index contributed by atoms with van der Waals surface area (Å²) in [5.74, 6) is -0.542. The number of piperidine rings is 1. The van der Waals surface area contributed by atoms with Crippen molar-refractivity contribution in [3.05, 3.63) is 72.8 Å². The van der Waals surface area contributed by atoms with Gasteiger partial charge in [-0.15, -0.1) is 22.7 Å². The lowest BCUT2D eigenvalue weighted by Crippen LogP contribution is -2.41. The number of nitrogens with zero attached hydrogens (tertiary/aromatic N) is 2. The summed E-state index contributed by atoms with van der Waals surface area (Å²) in [5.41, 5.74) is 5.95. The van der Waals surface area contributed by atoms with Crippen LogP contribution in [0.2, 0.25) is 5.02 Å². The molecule has 2 N–H and O–H groups in total. The number of halogens is 1. The van der Waals surface area contributed by atoms with Crippen LogP contribution >= 0.6 is 34.3 Å². The van der Waals surface area contributed by atoms with E-state index in [1.807, 2.05) is 36.1 Å². The van der Waals surface area contributed by atoms with E-state index < -0.39 is 5.91 Å².